The van der Waals surface area contributed by atoms with Gasteiger partial charge in [0, 0.05) is 6.92 Å². The summed E-state index contributed by atoms with van der Waals surface area (Å²) in [4.78, 5) is 10.3. The molecule has 1 aliphatic rings. The van der Waals surface area contributed by atoms with Crippen molar-refractivity contribution in [3.05, 3.63) is 0 Å². The number of halogens is 11. The Kier molecular flexibility index (Phi) is 4.67. The SMILES string of the molecule is CC(F)(F)C(F)(F)OC(F)(F)C1(F)COC(C(=O)F)(C(F)(F)F)O1. The van der Waals surface area contributed by atoms with E-state index < -0.39 is 55.5 Å². The van der Waals surface area contributed by atoms with Crippen LogP contribution in [0.3, 0.4) is 0 Å². The van der Waals surface area contributed by atoms with Crippen LogP contribution in [-0.4, -0.2) is 48.6 Å². The highest BCUT2D eigenvalue weighted by Crippen LogP contribution is 2.52. The summed E-state index contributed by atoms with van der Waals surface area (Å²) in [6.45, 7) is -3.26. The van der Waals surface area contributed by atoms with Gasteiger partial charge in [0.25, 0.3) is 0 Å². The average Bonchev–Trinajstić information content (AvgIpc) is 2.67. The summed E-state index contributed by atoms with van der Waals surface area (Å²) in [7, 11) is 0. The largest absolute Gasteiger partial charge is 0.454 e. The molecule has 24 heavy (non-hydrogen) atoms. The van der Waals surface area contributed by atoms with Gasteiger partial charge in [-0.15, -0.1) is 0 Å². The second-order valence-electron chi connectivity index (χ2n) is 4.53. The van der Waals surface area contributed by atoms with E-state index in [4.69, 9.17) is 0 Å². The maximum absolute atomic E-state index is 13.8. The molecular formula is C9H5F11O4. The van der Waals surface area contributed by atoms with E-state index in [-0.39, 0.29) is 0 Å². The molecule has 1 fully saturated rings. The molecule has 1 saturated heterocycles. The summed E-state index contributed by atoms with van der Waals surface area (Å²) >= 11 is 0. The molecule has 0 bridgehead atoms. The Morgan fingerprint density at radius 3 is 1.79 bits per heavy atom. The number of carbonyl (C=O) groups excluding carboxylic acids is 1. The summed E-state index contributed by atoms with van der Waals surface area (Å²) in [5, 5.41) is 0. The molecule has 1 rings (SSSR count). The number of carbonyl (C=O) groups is 1. The van der Waals surface area contributed by atoms with E-state index in [2.05, 4.69) is 14.2 Å². The number of alkyl halides is 10. The minimum atomic E-state index is -6.25. The van der Waals surface area contributed by atoms with Crippen LogP contribution in [-0.2, 0) is 19.0 Å². The first-order valence-electron chi connectivity index (χ1n) is 5.45. The van der Waals surface area contributed by atoms with Gasteiger partial charge >= 0.3 is 42.0 Å². The number of ether oxygens (including phenoxy) is 3. The van der Waals surface area contributed by atoms with Crippen LogP contribution < -0.4 is 0 Å². The second-order valence-corrected chi connectivity index (χ2v) is 4.53. The zero-order valence-electron chi connectivity index (χ0n) is 11.0. The Labute approximate surface area is 124 Å². The van der Waals surface area contributed by atoms with E-state index in [1.807, 2.05) is 0 Å². The van der Waals surface area contributed by atoms with Gasteiger partial charge in [0.05, 0.1) is 0 Å². The molecule has 0 amide bonds. The predicted molar refractivity (Wildman–Crippen MR) is 47.4 cm³/mol. The lowest BCUT2D eigenvalue weighted by Gasteiger charge is -2.33. The highest BCUT2D eigenvalue weighted by atomic mass is 19.4. The lowest BCUT2D eigenvalue weighted by molar-refractivity contribution is -0.481. The first-order chi connectivity index (χ1) is 10.3. The van der Waals surface area contributed by atoms with Crippen molar-refractivity contribution < 1.29 is 67.3 Å². The lowest BCUT2D eigenvalue weighted by Crippen LogP contribution is -2.58. The van der Waals surface area contributed by atoms with E-state index in [1.54, 1.807) is 0 Å². The minimum Gasteiger partial charge on any atom is -0.328 e. The molecule has 1 aliphatic heterocycles. The Hall–Kier alpha value is -1.22. The maximum Gasteiger partial charge on any atom is 0.454 e. The molecule has 0 saturated carbocycles. The molecule has 2 atom stereocenters. The van der Waals surface area contributed by atoms with Gasteiger partial charge in [0.15, 0.2) is 0 Å². The van der Waals surface area contributed by atoms with Gasteiger partial charge in [-0.1, -0.05) is 0 Å². The van der Waals surface area contributed by atoms with Crippen molar-refractivity contribution in [3.8, 4) is 0 Å². The maximum atomic E-state index is 13.8. The quantitative estimate of drug-likeness (QED) is 0.538. The predicted octanol–water partition coefficient (Wildman–Crippen LogP) is 3.31. The summed E-state index contributed by atoms with van der Waals surface area (Å²) < 4.78 is 149. The van der Waals surface area contributed by atoms with Gasteiger partial charge in [-0.3, -0.25) is 9.53 Å². The van der Waals surface area contributed by atoms with Crippen molar-refractivity contribution in [2.75, 3.05) is 6.61 Å². The van der Waals surface area contributed by atoms with E-state index in [9.17, 15) is 53.1 Å². The van der Waals surface area contributed by atoms with Gasteiger partial charge in [0.2, 0.25) is 0 Å². The molecule has 0 aromatic carbocycles. The highest BCUT2D eigenvalue weighted by Gasteiger charge is 2.79. The highest BCUT2D eigenvalue weighted by molar-refractivity contribution is 5.78. The number of hydrogen-bond acceptors (Lipinski definition) is 4. The van der Waals surface area contributed by atoms with E-state index in [0.717, 1.165) is 0 Å². The van der Waals surface area contributed by atoms with Crippen LogP contribution in [0, 0.1) is 0 Å². The summed E-state index contributed by atoms with van der Waals surface area (Å²) in [5.41, 5.74) is 0. The Morgan fingerprint density at radius 2 is 1.50 bits per heavy atom. The molecule has 15 heteroatoms. The van der Waals surface area contributed by atoms with Crippen LogP contribution in [0.25, 0.3) is 0 Å². The fraction of sp³-hybridized carbons (Fsp3) is 0.889. The summed E-state index contributed by atoms with van der Waals surface area (Å²) in [5.74, 6) is -15.8. The molecule has 0 aliphatic carbocycles. The monoisotopic (exact) mass is 386 g/mol. The second kappa shape index (κ2) is 5.39. The molecule has 2 unspecified atom stereocenters. The minimum absolute atomic E-state index is 0.620. The van der Waals surface area contributed by atoms with Crippen LogP contribution in [0.2, 0.25) is 0 Å². The van der Waals surface area contributed by atoms with E-state index in [0.29, 0.717) is 0 Å². The lowest BCUT2D eigenvalue weighted by atomic mass is 10.2. The summed E-state index contributed by atoms with van der Waals surface area (Å²) in [6, 6.07) is -3.64. The standard InChI is InChI=1S/C9H5F11O4/c1-4(11,12)8(17,18)24-9(19,20)5(13)2-22-6(23-5,3(10)21)7(14,15)16/h2H2,1H3. The molecular weight excluding hydrogens is 381 g/mol. The van der Waals surface area contributed by atoms with Crippen molar-refractivity contribution in [3.63, 3.8) is 0 Å². The van der Waals surface area contributed by atoms with Crippen molar-refractivity contribution in [2.45, 2.75) is 42.9 Å². The molecule has 142 valence electrons. The average molecular weight is 386 g/mol. The topological polar surface area (TPSA) is 44.8 Å². The van der Waals surface area contributed by atoms with Crippen molar-refractivity contribution in [1.29, 1.82) is 0 Å². The molecule has 1 heterocycles. The molecule has 0 aromatic heterocycles. The van der Waals surface area contributed by atoms with Crippen LogP contribution in [0.15, 0.2) is 0 Å². The Balaban J connectivity index is 3.20. The third kappa shape index (κ3) is 3.15. The van der Waals surface area contributed by atoms with Gasteiger partial charge < -0.3 is 4.74 Å². The normalized spacial score (nSPS) is 29.8. The van der Waals surface area contributed by atoms with Crippen molar-refractivity contribution in [2.24, 2.45) is 0 Å². The van der Waals surface area contributed by atoms with Crippen LogP contribution in [0.1, 0.15) is 6.92 Å². The summed E-state index contributed by atoms with van der Waals surface area (Å²) in [6.07, 6.45) is -18.5. The third-order valence-corrected chi connectivity index (χ3v) is 2.60. The molecule has 0 N–H and O–H groups in total. The number of hydrogen-bond donors (Lipinski definition) is 0. The zero-order chi connectivity index (χ0) is 19.4. The molecule has 0 radical (unpaired) electrons. The van der Waals surface area contributed by atoms with E-state index in [1.165, 1.54) is 0 Å². The van der Waals surface area contributed by atoms with Gasteiger partial charge in [-0.2, -0.15) is 48.3 Å². The molecule has 0 aromatic rings. The van der Waals surface area contributed by atoms with E-state index >= 15 is 0 Å². The van der Waals surface area contributed by atoms with Crippen LogP contribution >= 0.6 is 0 Å². The van der Waals surface area contributed by atoms with Gasteiger partial charge in [-0.25, -0.2) is 4.74 Å². The smallest absolute Gasteiger partial charge is 0.328 e. The fourth-order valence-electron chi connectivity index (χ4n) is 1.30. The van der Waals surface area contributed by atoms with Gasteiger partial charge in [-0.05, 0) is 0 Å². The number of rotatable bonds is 5. The fourth-order valence-corrected chi connectivity index (χ4v) is 1.30. The van der Waals surface area contributed by atoms with Crippen molar-refractivity contribution >= 4 is 6.04 Å². The Morgan fingerprint density at radius 1 is 1.04 bits per heavy atom. The van der Waals surface area contributed by atoms with Gasteiger partial charge in [0.1, 0.15) is 6.61 Å². The zero-order valence-corrected chi connectivity index (χ0v) is 11.0. The Bertz CT molecular complexity index is 513. The first kappa shape index (κ1) is 20.8. The van der Waals surface area contributed by atoms with Crippen molar-refractivity contribution in [1.82, 2.24) is 0 Å². The first-order valence-corrected chi connectivity index (χ1v) is 5.45. The molecule has 4 nitrogen and oxygen atoms in total. The third-order valence-electron chi connectivity index (χ3n) is 2.60. The van der Waals surface area contributed by atoms with Crippen LogP contribution in [0.5, 0.6) is 0 Å². The van der Waals surface area contributed by atoms with Crippen LogP contribution in [0.4, 0.5) is 48.3 Å². The molecule has 0 spiro atoms.